The first-order valence-corrected chi connectivity index (χ1v) is 11.6. The van der Waals surface area contributed by atoms with Gasteiger partial charge in [0.15, 0.2) is 5.96 Å². The molecule has 1 aromatic rings. The van der Waals surface area contributed by atoms with Crippen LogP contribution in [0.2, 0.25) is 0 Å². The summed E-state index contributed by atoms with van der Waals surface area (Å²) in [6, 6.07) is 8.34. The van der Waals surface area contributed by atoms with Crippen molar-refractivity contribution in [3.05, 3.63) is 35.4 Å². The van der Waals surface area contributed by atoms with E-state index in [1.54, 1.807) is 0 Å². The molecule has 184 valence electrons. The molecule has 1 aromatic carbocycles. The number of rotatable bonds is 6. The maximum atomic E-state index is 12.1. The zero-order chi connectivity index (χ0) is 23.1. The van der Waals surface area contributed by atoms with E-state index in [0.717, 1.165) is 49.6 Å². The van der Waals surface area contributed by atoms with E-state index in [1.807, 2.05) is 31.7 Å². The van der Waals surface area contributed by atoms with Crippen molar-refractivity contribution in [2.45, 2.75) is 71.7 Å². The lowest BCUT2D eigenvalue weighted by Gasteiger charge is -2.23. The molecule has 0 aliphatic carbocycles. The van der Waals surface area contributed by atoms with Crippen LogP contribution in [-0.2, 0) is 22.6 Å². The van der Waals surface area contributed by atoms with Crippen LogP contribution in [0.15, 0.2) is 29.3 Å². The van der Waals surface area contributed by atoms with Gasteiger partial charge in [-0.2, -0.15) is 0 Å². The van der Waals surface area contributed by atoms with Crippen molar-refractivity contribution in [1.29, 1.82) is 0 Å². The van der Waals surface area contributed by atoms with Crippen LogP contribution >= 0.6 is 24.0 Å². The molecule has 2 aliphatic heterocycles. The number of hydrogen-bond acceptors (Lipinski definition) is 4. The Morgan fingerprint density at radius 3 is 2.67 bits per heavy atom. The highest BCUT2D eigenvalue weighted by atomic mass is 127. The zero-order valence-electron chi connectivity index (χ0n) is 20.2. The van der Waals surface area contributed by atoms with E-state index in [1.165, 1.54) is 0 Å². The molecule has 1 unspecified atom stereocenters. The highest BCUT2D eigenvalue weighted by molar-refractivity contribution is 14.0. The van der Waals surface area contributed by atoms with Crippen LogP contribution in [0.25, 0.3) is 0 Å². The van der Waals surface area contributed by atoms with E-state index in [9.17, 15) is 9.59 Å². The predicted octanol–water partition coefficient (Wildman–Crippen LogP) is 3.49. The minimum atomic E-state index is -0.505. The van der Waals surface area contributed by atoms with Crippen molar-refractivity contribution >= 4 is 41.9 Å². The molecule has 0 spiro atoms. The van der Waals surface area contributed by atoms with E-state index in [4.69, 9.17) is 9.73 Å². The Bertz CT molecular complexity index is 840. The molecule has 0 bridgehead atoms. The number of amides is 2. The summed E-state index contributed by atoms with van der Waals surface area (Å²) in [6.07, 6.45) is 2.09. The summed E-state index contributed by atoms with van der Waals surface area (Å²) in [5.74, 6) is 1.09. The van der Waals surface area contributed by atoms with Gasteiger partial charge in [-0.3, -0.25) is 4.79 Å². The fourth-order valence-electron chi connectivity index (χ4n) is 4.05. The topological polar surface area (TPSA) is 86.3 Å². The van der Waals surface area contributed by atoms with Crippen molar-refractivity contribution in [2.75, 3.05) is 26.2 Å². The molecule has 3 rings (SSSR count). The molecule has 33 heavy (non-hydrogen) atoms. The lowest BCUT2D eigenvalue weighted by Crippen LogP contribution is -2.44. The lowest BCUT2D eigenvalue weighted by molar-refractivity contribution is -0.128. The standard InChI is InChI=1S/C24H37N5O3.HI/c1-5-25-22(29-13-11-20(17-29)27-23(31)32-24(2,3)4)26-15-18-8-6-9-19(14-18)16-28-12-7-10-21(28)30;/h6,8-9,14,20H,5,7,10-13,15-17H2,1-4H3,(H,25,26)(H,27,31);1H. The maximum Gasteiger partial charge on any atom is 0.407 e. The van der Waals surface area contributed by atoms with Crippen LogP contribution in [-0.4, -0.2) is 65.6 Å². The largest absolute Gasteiger partial charge is 0.444 e. The summed E-state index contributed by atoms with van der Waals surface area (Å²) < 4.78 is 5.37. The van der Waals surface area contributed by atoms with E-state index in [2.05, 4.69) is 40.7 Å². The number of nitrogens with zero attached hydrogens (tertiary/aromatic N) is 3. The van der Waals surface area contributed by atoms with E-state index in [-0.39, 0.29) is 42.0 Å². The van der Waals surface area contributed by atoms with Gasteiger partial charge in [0.2, 0.25) is 5.91 Å². The smallest absolute Gasteiger partial charge is 0.407 e. The monoisotopic (exact) mass is 571 g/mol. The number of aliphatic imine (C=N–C) groups is 1. The first-order valence-electron chi connectivity index (χ1n) is 11.6. The van der Waals surface area contributed by atoms with Crippen molar-refractivity contribution < 1.29 is 14.3 Å². The van der Waals surface area contributed by atoms with Gasteiger partial charge in [-0.1, -0.05) is 24.3 Å². The summed E-state index contributed by atoms with van der Waals surface area (Å²) in [4.78, 5) is 32.9. The van der Waals surface area contributed by atoms with Gasteiger partial charge in [-0.05, 0) is 51.7 Å². The van der Waals surface area contributed by atoms with Crippen LogP contribution < -0.4 is 10.6 Å². The van der Waals surface area contributed by atoms with Gasteiger partial charge in [0.05, 0.1) is 12.6 Å². The van der Waals surface area contributed by atoms with Crippen molar-refractivity contribution in [3.8, 4) is 0 Å². The second-order valence-corrected chi connectivity index (χ2v) is 9.49. The predicted molar refractivity (Wildman–Crippen MR) is 141 cm³/mol. The Kier molecular flexibility index (Phi) is 10.2. The van der Waals surface area contributed by atoms with Gasteiger partial charge in [-0.15, -0.1) is 24.0 Å². The molecule has 2 heterocycles. The second kappa shape index (κ2) is 12.4. The number of alkyl carbamates (subject to hydrolysis) is 1. The van der Waals surface area contributed by atoms with Crippen molar-refractivity contribution in [1.82, 2.24) is 20.4 Å². The summed E-state index contributed by atoms with van der Waals surface area (Å²) >= 11 is 0. The Balaban J connectivity index is 0.00000385. The minimum Gasteiger partial charge on any atom is -0.444 e. The number of benzene rings is 1. The molecule has 0 saturated carbocycles. The van der Waals surface area contributed by atoms with Crippen LogP contribution in [0.3, 0.4) is 0 Å². The Labute approximate surface area is 214 Å². The minimum absolute atomic E-state index is 0. The van der Waals surface area contributed by atoms with E-state index < -0.39 is 5.60 Å². The van der Waals surface area contributed by atoms with Gasteiger partial charge in [0, 0.05) is 39.1 Å². The van der Waals surface area contributed by atoms with Crippen molar-refractivity contribution in [2.24, 2.45) is 4.99 Å². The van der Waals surface area contributed by atoms with Crippen LogP contribution in [0, 0.1) is 0 Å². The van der Waals surface area contributed by atoms with Crippen LogP contribution in [0.4, 0.5) is 4.79 Å². The van der Waals surface area contributed by atoms with Crippen molar-refractivity contribution in [3.63, 3.8) is 0 Å². The SMILES string of the molecule is CCNC(=NCc1cccc(CN2CCCC2=O)c1)N1CCC(NC(=O)OC(C)(C)C)C1.I. The number of halogens is 1. The average Bonchev–Trinajstić information content (AvgIpc) is 3.33. The highest BCUT2D eigenvalue weighted by Crippen LogP contribution is 2.16. The fraction of sp³-hybridized carbons (Fsp3) is 0.625. The average molecular weight is 572 g/mol. The molecule has 8 nitrogen and oxygen atoms in total. The van der Waals surface area contributed by atoms with Crippen LogP contribution in [0.1, 0.15) is 58.1 Å². The number of guanidine groups is 1. The van der Waals surface area contributed by atoms with E-state index >= 15 is 0 Å². The first-order chi connectivity index (χ1) is 15.2. The fourth-order valence-corrected chi connectivity index (χ4v) is 4.05. The third kappa shape index (κ3) is 8.68. The Morgan fingerprint density at radius 2 is 2.00 bits per heavy atom. The summed E-state index contributed by atoms with van der Waals surface area (Å²) in [5, 5.41) is 6.33. The number of likely N-dealkylation sites (tertiary alicyclic amines) is 2. The van der Waals surface area contributed by atoms with Gasteiger partial charge in [0.25, 0.3) is 0 Å². The molecule has 0 aromatic heterocycles. The normalized spacial score (nSPS) is 18.8. The van der Waals surface area contributed by atoms with Gasteiger partial charge < -0.3 is 25.2 Å². The summed E-state index contributed by atoms with van der Waals surface area (Å²) in [5.41, 5.74) is 1.75. The summed E-state index contributed by atoms with van der Waals surface area (Å²) in [6.45, 7) is 12.0. The molecule has 2 aliphatic rings. The third-order valence-electron chi connectivity index (χ3n) is 5.49. The Morgan fingerprint density at radius 1 is 1.24 bits per heavy atom. The maximum absolute atomic E-state index is 12.1. The molecule has 2 saturated heterocycles. The van der Waals surface area contributed by atoms with Gasteiger partial charge in [-0.25, -0.2) is 9.79 Å². The van der Waals surface area contributed by atoms with Crippen LogP contribution in [0.5, 0.6) is 0 Å². The number of hydrogen-bond donors (Lipinski definition) is 2. The molecular formula is C24H38IN5O3. The zero-order valence-corrected chi connectivity index (χ0v) is 22.6. The molecule has 0 radical (unpaired) electrons. The lowest BCUT2D eigenvalue weighted by atomic mass is 10.1. The second-order valence-electron chi connectivity index (χ2n) is 9.49. The molecule has 2 fully saturated rings. The molecule has 1 atom stereocenters. The Hall–Kier alpha value is -2.04. The molecule has 2 N–H and O–H groups in total. The third-order valence-corrected chi connectivity index (χ3v) is 5.49. The molecular weight excluding hydrogens is 533 g/mol. The van der Waals surface area contributed by atoms with E-state index in [0.29, 0.717) is 26.1 Å². The number of carbonyl (C=O) groups is 2. The van der Waals surface area contributed by atoms with Gasteiger partial charge in [0.1, 0.15) is 5.60 Å². The molecule has 2 amide bonds. The quantitative estimate of drug-likeness (QED) is 0.310. The number of ether oxygens (including phenoxy) is 1. The number of nitrogens with one attached hydrogen (secondary N) is 2. The first kappa shape index (κ1) is 27.2. The molecule has 9 heteroatoms. The van der Waals surface area contributed by atoms with Gasteiger partial charge >= 0.3 is 6.09 Å². The number of carbonyl (C=O) groups excluding carboxylic acids is 2. The highest BCUT2D eigenvalue weighted by Gasteiger charge is 2.28. The summed E-state index contributed by atoms with van der Waals surface area (Å²) in [7, 11) is 0.